The average Bonchev–Trinajstić information content (AvgIpc) is 2.74. The molecule has 0 radical (unpaired) electrons. The van der Waals surface area contributed by atoms with Gasteiger partial charge in [-0.1, -0.05) is 19.3 Å². The first-order valence-electron chi connectivity index (χ1n) is 10.4. The van der Waals surface area contributed by atoms with Crippen molar-refractivity contribution in [3.8, 4) is 0 Å². The van der Waals surface area contributed by atoms with Gasteiger partial charge in [-0.2, -0.15) is 0 Å². The Hall–Kier alpha value is -2.25. The zero-order valence-corrected chi connectivity index (χ0v) is 17.1. The van der Waals surface area contributed by atoms with Crippen LogP contribution in [0.3, 0.4) is 0 Å². The fourth-order valence-corrected chi connectivity index (χ4v) is 3.93. The van der Waals surface area contributed by atoms with Crippen LogP contribution in [0.25, 0.3) is 10.9 Å². The first kappa shape index (κ1) is 21.5. The molecule has 1 amide bonds. The Labute approximate surface area is 171 Å². The Morgan fingerprint density at radius 1 is 1.17 bits per heavy atom. The number of nitrogens with zero attached hydrogens (tertiary/aromatic N) is 3. The van der Waals surface area contributed by atoms with Gasteiger partial charge in [0.25, 0.3) is 0 Å². The summed E-state index contributed by atoms with van der Waals surface area (Å²) in [6.45, 7) is 3.98. The van der Waals surface area contributed by atoms with Gasteiger partial charge < -0.3 is 20.6 Å². The molecule has 29 heavy (non-hydrogen) atoms. The number of piperazine rings is 1. The zero-order chi connectivity index (χ0) is 20.8. The predicted octanol–water partition coefficient (Wildman–Crippen LogP) is 2.60. The topological polar surface area (TPSA) is 82.7 Å². The number of aliphatic hydroxyl groups excluding tert-OH is 1. The highest BCUT2D eigenvalue weighted by atomic mass is 19.1. The van der Waals surface area contributed by atoms with Crippen molar-refractivity contribution in [1.29, 1.82) is 0 Å². The first-order chi connectivity index (χ1) is 14.0. The number of carbonyl (C=O) groups excluding carboxylic acids is 1. The van der Waals surface area contributed by atoms with E-state index in [0.29, 0.717) is 32.2 Å². The lowest BCUT2D eigenvalue weighted by Gasteiger charge is -2.35. The molecule has 0 spiro atoms. The van der Waals surface area contributed by atoms with Gasteiger partial charge in [0.05, 0.1) is 5.52 Å². The molecule has 1 saturated heterocycles. The van der Waals surface area contributed by atoms with Crippen LogP contribution in [-0.2, 0) is 4.79 Å². The summed E-state index contributed by atoms with van der Waals surface area (Å²) in [6.07, 6.45) is 6.66. The van der Waals surface area contributed by atoms with Gasteiger partial charge >= 0.3 is 0 Å². The van der Waals surface area contributed by atoms with Crippen molar-refractivity contribution in [3.63, 3.8) is 0 Å². The molecule has 1 aliphatic heterocycles. The number of aromatic nitrogens is 1. The number of aliphatic hydroxyl groups is 1. The molecule has 2 fully saturated rings. The summed E-state index contributed by atoms with van der Waals surface area (Å²) in [5, 5.41) is 9.72. The van der Waals surface area contributed by atoms with Crippen LogP contribution >= 0.6 is 0 Å². The molecule has 1 saturated carbocycles. The van der Waals surface area contributed by atoms with Gasteiger partial charge in [0.2, 0.25) is 5.91 Å². The van der Waals surface area contributed by atoms with E-state index in [2.05, 4.69) is 9.88 Å². The van der Waals surface area contributed by atoms with Crippen molar-refractivity contribution in [3.05, 3.63) is 35.6 Å². The summed E-state index contributed by atoms with van der Waals surface area (Å²) in [5.74, 6) is 0.340. The number of benzene rings is 1. The predicted molar refractivity (Wildman–Crippen MR) is 113 cm³/mol. The molecule has 3 N–H and O–H groups in total. The van der Waals surface area contributed by atoms with E-state index in [-0.39, 0.29) is 11.7 Å². The highest BCUT2D eigenvalue weighted by molar-refractivity contribution is 5.84. The summed E-state index contributed by atoms with van der Waals surface area (Å²) in [7, 11) is 0. The largest absolute Gasteiger partial charge is 0.387 e. The fourth-order valence-electron chi connectivity index (χ4n) is 3.93. The number of hydrogen-bond acceptors (Lipinski definition) is 5. The van der Waals surface area contributed by atoms with Gasteiger partial charge in [0.15, 0.2) is 0 Å². The van der Waals surface area contributed by atoms with Gasteiger partial charge in [-0.15, -0.1) is 0 Å². The molecular formula is C22H31FN4O2. The second kappa shape index (κ2) is 9.98. The van der Waals surface area contributed by atoms with Crippen molar-refractivity contribution in [2.75, 3.05) is 37.7 Å². The monoisotopic (exact) mass is 402 g/mol. The third-order valence-corrected chi connectivity index (χ3v) is 5.71. The van der Waals surface area contributed by atoms with Crippen molar-refractivity contribution >= 4 is 22.6 Å². The molecule has 1 aliphatic carbocycles. The number of fused-ring (bicyclic) bond motifs is 1. The van der Waals surface area contributed by atoms with Crippen molar-refractivity contribution in [2.24, 2.45) is 5.73 Å². The smallest absolute Gasteiger partial charge is 0.248 e. The Balaban J connectivity index is 0.000000290. The number of halogens is 1. The van der Waals surface area contributed by atoms with Gasteiger partial charge in [-0.3, -0.25) is 4.79 Å². The van der Waals surface area contributed by atoms with Crippen LogP contribution in [0.1, 0.15) is 37.7 Å². The average molecular weight is 403 g/mol. The van der Waals surface area contributed by atoms with Gasteiger partial charge in [-0.25, -0.2) is 9.37 Å². The second-order valence-electron chi connectivity index (χ2n) is 7.88. The van der Waals surface area contributed by atoms with E-state index in [1.807, 2.05) is 13.0 Å². The van der Waals surface area contributed by atoms with Gasteiger partial charge in [0, 0.05) is 37.6 Å². The quantitative estimate of drug-likeness (QED) is 0.807. The minimum absolute atomic E-state index is 0.238. The molecular weight excluding hydrogens is 371 g/mol. The molecule has 0 atom stereocenters. The van der Waals surface area contributed by atoms with Crippen LogP contribution in [0.4, 0.5) is 10.2 Å². The van der Waals surface area contributed by atoms with Crippen LogP contribution < -0.4 is 10.6 Å². The van der Waals surface area contributed by atoms with Crippen LogP contribution in [0.2, 0.25) is 0 Å². The molecule has 158 valence electrons. The SMILES string of the molecule is Cc1cc(N2CCN(C(=O)CO)CC2)nc2ccc(F)cc12.NC1CCCCC1. The Morgan fingerprint density at radius 3 is 2.45 bits per heavy atom. The fraction of sp³-hybridized carbons (Fsp3) is 0.545. The Kier molecular flexibility index (Phi) is 7.39. The van der Waals surface area contributed by atoms with Gasteiger partial charge in [-0.05, 0) is 49.6 Å². The summed E-state index contributed by atoms with van der Waals surface area (Å²) in [4.78, 5) is 19.8. The van der Waals surface area contributed by atoms with E-state index >= 15 is 0 Å². The van der Waals surface area contributed by atoms with E-state index in [9.17, 15) is 9.18 Å². The molecule has 2 heterocycles. The molecule has 7 heteroatoms. The van der Waals surface area contributed by atoms with E-state index < -0.39 is 6.61 Å². The van der Waals surface area contributed by atoms with Crippen molar-refractivity contribution < 1.29 is 14.3 Å². The number of rotatable bonds is 2. The number of nitrogens with two attached hydrogens (primary N) is 1. The second-order valence-corrected chi connectivity index (χ2v) is 7.88. The summed E-state index contributed by atoms with van der Waals surface area (Å²) < 4.78 is 13.3. The van der Waals surface area contributed by atoms with Gasteiger partial charge in [0.1, 0.15) is 18.2 Å². The third kappa shape index (κ3) is 5.64. The molecule has 4 rings (SSSR count). The summed E-state index contributed by atoms with van der Waals surface area (Å²) in [5.41, 5.74) is 7.38. The zero-order valence-electron chi connectivity index (χ0n) is 17.1. The van der Waals surface area contributed by atoms with E-state index in [1.54, 1.807) is 11.0 Å². The lowest BCUT2D eigenvalue weighted by atomic mass is 9.97. The molecule has 0 bridgehead atoms. The molecule has 2 aromatic rings. The molecule has 1 aromatic heterocycles. The first-order valence-corrected chi connectivity index (χ1v) is 10.4. The maximum absolute atomic E-state index is 13.3. The van der Waals surface area contributed by atoms with E-state index in [1.165, 1.54) is 44.2 Å². The maximum Gasteiger partial charge on any atom is 0.248 e. The highest BCUT2D eigenvalue weighted by Gasteiger charge is 2.21. The molecule has 2 aliphatic rings. The lowest BCUT2D eigenvalue weighted by molar-refractivity contribution is -0.134. The van der Waals surface area contributed by atoms with Crippen LogP contribution in [0, 0.1) is 12.7 Å². The minimum atomic E-state index is -0.446. The van der Waals surface area contributed by atoms with E-state index in [0.717, 1.165) is 22.3 Å². The van der Waals surface area contributed by atoms with E-state index in [4.69, 9.17) is 10.8 Å². The molecule has 0 unspecified atom stereocenters. The minimum Gasteiger partial charge on any atom is -0.387 e. The summed E-state index contributed by atoms with van der Waals surface area (Å²) in [6, 6.07) is 7.09. The number of hydrogen-bond donors (Lipinski definition) is 2. The lowest BCUT2D eigenvalue weighted by Crippen LogP contribution is -2.49. The number of anilines is 1. The third-order valence-electron chi connectivity index (χ3n) is 5.71. The normalized spacial score (nSPS) is 17.8. The highest BCUT2D eigenvalue weighted by Crippen LogP contribution is 2.24. The standard InChI is InChI=1S/C16H18FN3O2.C6H13N/c1-11-8-15(18-14-3-2-12(17)9-13(11)14)19-4-6-20(7-5-19)16(22)10-21;7-6-4-2-1-3-5-6/h2-3,8-9,21H,4-7,10H2,1H3;6H,1-5,7H2. The maximum atomic E-state index is 13.3. The van der Waals surface area contributed by atoms with Crippen LogP contribution in [0.5, 0.6) is 0 Å². The Morgan fingerprint density at radius 2 is 1.86 bits per heavy atom. The molecule has 6 nitrogen and oxygen atoms in total. The number of pyridine rings is 1. The van der Waals surface area contributed by atoms with Crippen molar-refractivity contribution in [1.82, 2.24) is 9.88 Å². The van der Waals surface area contributed by atoms with Crippen LogP contribution in [-0.4, -0.2) is 59.7 Å². The number of aryl methyl sites for hydroxylation is 1. The summed E-state index contributed by atoms with van der Waals surface area (Å²) >= 11 is 0. The Bertz CT molecular complexity index is 831. The van der Waals surface area contributed by atoms with Crippen molar-refractivity contribution in [2.45, 2.75) is 45.1 Å². The number of carbonyl (C=O) groups is 1. The molecule has 1 aromatic carbocycles. The number of amides is 1. The van der Waals surface area contributed by atoms with Crippen LogP contribution in [0.15, 0.2) is 24.3 Å².